The molecule has 1 aromatic rings. The Hall–Kier alpha value is -1.44. The molecule has 0 amide bonds. The van der Waals surface area contributed by atoms with E-state index in [2.05, 4.69) is 5.32 Å². The number of nitrogens with one attached hydrogen (secondary N) is 1. The van der Waals surface area contributed by atoms with Crippen LogP contribution in [0.2, 0.25) is 0 Å². The Morgan fingerprint density at radius 2 is 2.11 bits per heavy atom. The lowest BCUT2D eigenvalue weighted by molar-refractivity contribution is -0.384. The van der Waals surface area contributed by atoms with Crippen LogP contribution in [0.5, 0.6) is 0 Å². The van der Waals surface area contributed by atoms with Crippen LogP contribution in [0.15, 0.2) is 18.2 Å². The molecule has 0 radical (unpaired) electrons. The lowest BCUT2D eigenvalue weighted by Gasteiger charge is -2.15. The first-order chi connectivity index (χ1) is 8.75. The van der Waals surface area contributed by atoms with E-state index in [1.165, 1.54) is 11.8 Å². The number of rotatable bonds is 5. The van der Waals surface area contributed by atoms with Crippen molar-refractivity contribution in [3.8, 4) is 0 Å². The first kappa shape index (κ1) is 15.6. The number of hydrogen-bond acceptors (Lipinski definition) is 4. The van der Waals surface area contributed by atoms with Crippen molar-refractivity contribution in [2.24, 2.45) is 0 Å². The second kappa shape index (κ2) is 6.14. The molecular formula is C11H13F3N2O2S. The molecule has 0 saturated heterocycles. The summed E-state index contributed by atoms with van der Waals surface area (Å²) < 4.78 is 37.5. The van der Waals surface area contributed by atoms with Gasteiger partial charge in [0.05, 0.1) is 10.5 Å². The van der Waals surface area contributed by atoms with Gasteiger partial charge in [0.25, 0.3) is 5.69 Å². The number of halogens is 3. The molecule has 0 aliphatic carbocycles. The summed E-state index contributed by atoms with van der Waals surface area (Å²) in [6.45, 7) is 1.80. The van der Waals surface area contributed by atoms with Crippen LogP contribution in [0.3, 0.4) is 0 Å². The Morgan fingerprint density at radius 1 is 1.47 bits per heavy atom. The van der Waals surface area contributed by atoms with Crippen LogP contribution in [0.4, 0.5) is 24.5 Å². The van der Waals surface area contributed by atoms with Crippen molar-refractivity contribution in [1.29, 1.82) is 0 Å². The van der Waals surface area contributed by atoms with E-state index in [0.717, 1.165) is 12.1 Å². The molecule has 1 unspecified atom stereocenters. The van der Waals surface area contributed by atoms with Crippen LogP contribution in [0, 0.1) is 10.1 Å². The van der Waals surface area contributed by atoms with Crippen molar-refractivity contribution in [2.45, 2.75) is 19.1 Å². The Morgan fingerprint density at radius 3 is 2.58 bits per heavy atom. The van der Waals surface area contributed by atoms with Crippen molar-refractivity contribution in [3.05, 3.63) is 33.9 Å². The van der Waals surface area contributed by atoms with E-state index in [1.807, 2.05) is 6.26 Å². The van der Waals surface area contributed by atoms with Crippen LogP contribution in [0.25, 0.3) is 0 Å². The van der Waals surface area contributed by atoms with Crippen LogP contribution < -0.4 is 5.32 Å². The predicted octanol–water partition coefficient (Wildman–Crippen LogP) is 3.78. The molecule has 0 saturated carbocycles. The maximum Gasteiger partial charge on any atom is 0.416 e. The summed E-state index contributed by atoms with van der Waals surface area (Å²) in [6.07, 6.45) is -2.71. The quantitative estimate of drug-likeness (QED) is 0.663. The molecule has 1 N–H and O–H groups in total. The molecule has 1 aromatic carbocycles. The third-order valence-corrected chi connectivity index (χ3v) is 3.17. The third kappa shape index (κ3) is 4.30. The number of nitro benzene ring substituents is 1. The minimum atomic E-state index is -4.59. The number of thioether (sulfide) groups is 1. The van der Waals surface area contributed by atoms with Crippen molar-refractivity contribution in [2.75, 3.05) is 17.3 Å². The maximum atomic E-state index is 12.5. The number of nitro groups is 1. The van der Waals surface area contributed by atoms with Crippen LogP contribution in [-0.4, -0.2) is 23.0 Å². The van der Waals surface area contributed by atoms with Crippen LogP contribution in [-0.2, 0) is 6.18 Å². The van der Waals surface area contributed by atoms with Gasteiger partial charge in [0.2, 0.25) is 0 Å². The van der Waals surface area contributed by atoms with Gasteiger partial charge in [-0.1, -0.05) is 0 Å². The number of benzene rings is 1. The first-order valence-corrected chi connectivity index (χ1v) is 6.76. The van der Waals surface area contributed by atoms with Gasteiger partial charge >= 0.3 is 6.18 Å². The highest BCUT2D eigenvalue weighted by Gasteiger charge is 2.33. The van der Waals surface area contributed by atoms with E-state index in [-0.39, 0.29) is 11.7 Å². The van der Waals surface area contributed by atoms with Crippen molar-refractivity contribution in [1.82, 2.24) is 0 Å². The van der Waals surface area contributed by atoms with Crippen LogP contribution in [0.1, 0.15) is 12.5 Å². The summed E-state index contributed by atoms with van der Waals surface area (Å²) in [7, 11) is 0. The third-order valence-electron chi connectivity index (χ3n) is 2.34. The van der Waals surface area contributed by atoms with Crippen molar-refractivity contribution < 1.29 is 18.1 Å². The molecule has 0 heterocycles. The molecule has 19 heavy (non-hydrogen) atoms. The Kier molecular flexibility index (Phi) is 5.04. The standard InChI is InChI=1S/C11H13F3N2O2S/c1-7(6-19-2)15-9-4-3-8(11(12,13)14)5-10(9)16(17)18/h3-5,7,15H,6H2,1-2H3. The van der Waals surface area contributed by atoms with E-state index in [1.54, 1.807) is 6.92 Å². The zero-order chi connectivity index (χ0) is 14.6. The highest BCUT2D eigenvalue weighted by Crippen LogP contribution is 2.35. The SMILES string of the molecule is CSCC(C)Nc1ccc(C(F)(F)F)cc1[N+](=O)[O-]. The molecule has 1 atom stereocenters. The van der Waals surface area contributed by atoms with E-state index >= 15 is 0 Å². The zero-order valence-electron chi connectivity index (χ0n) is 10.3. The molecule has 0 aliphatic heterocycles. The van der Waals surface area contributed by atoms with Gasteiger partial charge < -0.3 is 5.32 Å². The normalized spacial score (nSPS) is 13.1. The van der Waals surface area contributed by atoms with Crippen molar-refractivity contribution in [3.63, 3.8) is 0 Å². The summed E-state index contributed by atoms with van der Waals surface area (Å²) >= 11 is 1.54. The van der Waals surface area contributed by atoms with Gasteiger partial charge in [0.15, 0.2) is 0 Å². The second-order valence-electron chi connectivity index (χ2n) is 3.99. The predicted molar refractivity (Wildman–Crippen MR) is 69.6 cm³/mol. The fourth-order valence-corrected chi connectivity index (χ4v) is 2.12. The smallest absolute Gasteiger partial charge is 0.376 e. The van der Waals surface area contributed by atoms with E-state index in [0.29, 0.717) is 11.8 Å². The van der Waals surface area contributed by atoms with E-state index in [4.69, 9.17) is 0 Å². The summed E-state index contributed by atoms with van der Waals surface area (Å²) in [6, 6.07) is 2.40. The Labute approximate surface area is 112 Å². The molecule has 0 fully saturated rings. The number of hydrogen-bond donors (Lipinski definition) is 1. The average molecular weight is 294 g/mol. The highest BCUT2D eigenvalue weighted by atomic mass is 32.2. The minimum absolute atomic E-state index is 0.0783. The average Bonchev–Trinajstić information content (AvgIpc) is 2.27. The molecule has 0 bridgehead atoms. The lowest BCUT2D eigenvalue weighted by atomic mass is 10.1. The molecule has 0 aromatic heterocycles. The van der Waals surface area contributed by atoms with Gasteiger partial charge in [-0.2, -0.15) is 24.9 Å². The maximum absolute atomic E-state index is 12.5. The van der Waals surface area contributed by atoms with Gasteiger partial charge in [-0.3, -0.25) is 10.1 Å². The van der Waals surface area contributed by atoms with Gasteiger partial charge in [-0.25, -0.2) is 0 Å². The fraction of sp³-hybridized carbons (Fsp3) is 0.455. The Bertz CT molecular complexity index is 466. The summed E-state index contributed by atoms with van der Waals surface area (Å²) in [4.78, 5) is 10.0. The molecule has 106 valence electrons. The molecule has 0 spiro atoms. The fourth-order valence-electron chi connectivity index (χ4n) is 1.54. The largest absolute Gasteiger partial charge is 0.416 e. The molecular weight excluding hydrogens is 281 g/mol. The van der Waals surface area contributed by atoms with E-state index in [9.17, 15) is 23.3 Å². The molecule has 4 nitrogen and oxygen atoms in total. The molecule has 0 aliphatic rings. The van der Waals surface area contributed by atoms with Gasteiger partial charge in [0.1, 0.15) is 5.69 Å². The number of nitrogens with zero attached hydrogens (tertiary/aromatic N) is 1. The Balaban J connectivity index is 3.09. The number of anilines is 1. The van der Waals surface area contributed by atoms with Crippen molar-refractivity contribution >= 4 is 23.1 Å². The summed E-state index contributed by atoms with van der Waals surface area (Å²) in [5, 5.41) is 13.7. The van der Waals surface area contributed by atoms with Gasteiger partial charge in [-0.05, 0) is 25.3 Å². The number of alkyl halides is 3. The molecule has 8 heteroatoms. The van der Waals surface area contributed by atoms with Crippen LogP contribution >= 0.6 is 11.8 Å². The summed E-state index contributed by atoms with van der Waals surface area (Å²) in [5.41, 5.74) is -1.50. The monoisotopic (exact) mass is 294 g/mol. The van der Waals surface area contributed by atoms with Gasteiger partial charge in [-0.15, -0.1) is 0 Å². The molecule has 1 rings (SSSR count). The highest BCUT2D eigenvalue weighted by molar-refractivity contribution is 7.98. The first-order valence-electron chi connectivity index (χ1n) is 5.36. The lowest BCUT2D eigenvalue weighted by Crippen LogP contribution is -2.19. The zero-order valence-corrected chi connectivity index (χ0v) is 11.1. The van der Waals surface area contributed by atoms with E-state index < -0.39 is 22.4 Å². The minimum Gasteiger partial charge on any atom is -0.376 e. The van der Waals surface area contributed by atoms with Gasteiger partial charge in [0, 0.05) is 17.9 Å². The second-order valence-corrected chi connectivity index (χ2v) is 4.90. The summed E-state index contributed by atoms with van der Waals surface area (Å²) in [5.74, 6) is 0.693. The topological polar surface area (TPSA) is 55.2 Å².